The highest BCUT2D eigenvalue weighted by atomic mass is 35.5. The van der Waals surface area contributed by atoms with Gasteiger partial charge >= 0.3 is 0 Å². The second-order valence-corrected chi connectivity index (χ2v) is 5.61. The van der Waals surface area contributed by atoms with Gasteiger partial charge in [-0.3, -0.25) is 0 Å². The first kappa shape index (κ1) is 13.4. The average molecular weight is 292 g/mol. The molecular weight excluding hydrogens is 277 g/mol. The van der Waals surface area contributed by atoms with Crippen LogP contribution in [-0.4, -0.2) is 11.7 Å². The molecule has 0 saturated heterocycles. The van der Waals surface area contributed by atoms with Gasteiger partial charge in [-0.15, -0.1) is 0 Å². The van der Waals surface area contributed by atoms with Crippen LogP contribution in [0.1, 0.15) is 17.5 Å². The van der Waals surface area contributed by atoms with E-state index in [-0.39, 0.29) is 12.4 Å². The summed E-state index contributed by atoms with van der Waals surface area (Å²) < 4.78 is 13.3. The lowest BCUT2D eigenvalue weighted by molar-refractivity contribution is 0.211. The summed E-state index contributed by atoms with van der Waals surface area (Å²) in [5.74, 6) is -0.236. The van der Waals surface area contributed by atoms with E-state index in [0.717, 1.165) is 29.7 Å². The van der Waals surface area contributed by atoms with E-state index in [9.17, 15) is 9.50 Å². The van der Waals surface area contributed by atoms with E-state index in [1.807, 2.05) is 18.2 Å². The zero-order valence-electron chi connectivity index (χ0n) is 10.9. The van der Waals surface area contributed by atoms with Gasteiger partial charge < -0.3 is 10.4 Å². The van der Waals surface area contributed by atoms with Crippen LogP contribution in [0, 0.1) is 5.82 Å². The maximum absolute atomic E-state index is 13.3. The number of fused-ring (bicyclic) bond motifs is 1. The van der Waals surface area contributed by atoms with Crippen LogP contribution in [0.5, 0.6) is 0 Å². The lowest BCUT2D eigenvalue weighted by Crippen LogP contribution is -2.36. The fourth-order valence-corrected chi connectivity index (χ4v) is 3.09. The Bertz CT molecular complexity index is 646. The lowest BCUT2D eigenvalue weighted by Gasteiger charge is -2.31. The summed E-state index contributed by atoms with van der Waals surface area (Å²) in [7, 11) is 0. The molecule has 2 nitrogen and oxygen atoms in total. The van der Waals surface area contributed by atoms with Gasteiger partial charge in [0.2, 0.25) is 0 Å². The van der Waals surface area contributed by atoms with E-state index in [4.69, 9.17) is 11.6 Å². The number of nitrogens with one attached hydrogen (secondary N) is 1. The summed E-state index contributed by atoms with van der Waals surface area (Å²) in [6, 6.07) is 12.1. The fraction of sp³-hybridized carbons (Fsp3) is 0.250. The Balaban J connectivity index is 1.98. The number of halogens is 2. The Kier molecular flexibility index (Phi) is 3.40. The van der Waals surface area contributed by atoms with Crippen molar-refractivity contribution in [3.63, 3.8) is 0 Å². The number of rotatable bonds is 3. The van der Waals surface area contributed by atoms with Crippen molar-refractivity contribution in [2.24, 2.45) is 0 Å². The summed E-state index contributed by atoms with van der Waals surface area (Å²) in [5.41, 5.74) is 2.20. The Morgan fingerprint density at radius 3 is 2.85 bits per heavy atom. The molecule has 0 amide bonds. The molecule has 20 heavy (non-hydrogen) atoms. The first-order chi connectivity index (χ1) is 9.63. The molecule has 0 fully saturated rings. The maximum atomic E-state index is 13.3. The van der Waals surface area contributed by atoms with Gasteiger partial charge in [0.1, 0.15) is 5.82 Å². The quantitative estimate of drug-likeness (QED) is 0.903. The van der Waals surface area contributed by atoms with Gasteiger partial charge in [0.05, 0.1) is 12.1 Å². The smallest absolute Gasteiger partial charge is 0.123 e. The van der Waals surface area contributed by atoms with E-state index < -0.39 is 5.54 Å². The van der Waals surface area contributed by atoms with Crippen molar-refractivity contribution in [1.29, 1.82) is 0 Å². The van der Waals surface area contributed by atoms with Crippen molar-refractivity contribution in [3.05, 3.63) is 64.4 Å². The zero-order valence-corrected chi connectivity index (χ0v) is 11.6. The third-order valence-corrected chi connectivity index (χ3v) is 4.12. The molecule has 104 valence electrons. The molecular formula is C16H15ClFNO. The largest absolute Gasteiger partial charge is 0.394 e. The SMILES string of the molecule is OCC1(Nc2cccc(Cl)c2)CCc2cc(F)ccc21. The number of hydrogen-bond donors (Lipinski definition) is 2. The minimum Gasteiger partial charge on any atom is -0.394 e. The number of aryl methyl sites for hydroxylation is 1. The Hall–Kier alpha value is -1.58. The number of anilines is 1. The van der Waals surface area contributed by atoms with E-state index in [2.05, 4.69) is 5.32 Å². The van der Waals surface area contributed by atoms with E-state index in [1.165, 1.54) is 6.07 Å². The number of aliphatic hydroxyl groups excluding tert-OH is 1. The predicted molar refractivity (Wildman–Crippen MR) is 78.6 cm³/mol. The van der Waals surface area contributed by atoms with Crippen LogP contribution in [-0.2, 0) is 12.0 Å². The monoisotopic (exact) mass is 291 g/mol. The average Bonchev–Trinajstić information content (AvgIpc) is 2.77. The fourth-order valence-electron chi connectivity index (χ4n) is 2.89. The number of hydrogen-bond acceptors (Lipinski definition) is 2. The molecule has 0 radical (unpaired) electrons. The third kappa shape index (κ3) is 2.28. The molecule has 2 aromatic rings. The maximum Gasteiger partial charge on any atom is 0.123 e. The van der Waals surface area contributed by atoms with Gasteiger partial charge in [0.15, 0.2) is 0 Å². The highest BCUT2D eigenvalue weighted by Gasteiger charge is 2.38. The molecule has 0 aromatic heterocycles. The first-order valence-electron chi connectivity index (χ1n) is 6.56. The van der Waals surface area contributed by atoms with Crippen molar-refractivity contribution >= 4 is 17.3 Å². The molecule has 0 spiro atoms. The van der Waals surface area contributed by atoms with Crippen molar-refractivity contribution in [2.75, 3.05) is 11.9 Å². The van der Waals surface area contributed by atoms with E-state index in [0.29, 0.717) is 5.02 Å². The lowest BCUT2D eigenvalue weighted by atomic mass is 9.92. The number of aliphatic hydroxyl groups is 1. The van der Waals surface area contributed by atoms with Crippen molar-refractivity contribution in [3.8, 4) is 0 Å². The normalized spacial score (nSPS) is 20.8. The minimum atomic E-state index is -0.562. The number of benzene rings is 2. The molecule has 2 N–H and O–H groups in total. The minimum absolute atomic E-state index is 0.0435. The molecule has 1 unspecified atom stereocenters. The van der Waals surface area contributed by atoms with Gasteiger partial charge in [-0.05, 0) is 54.3 Å². The highest BCUT2D eigenvalue weighted by Crippen LogP contribution is 2.39. The van der Waals surface area contributed by atoms with Crippen LogP contribution < -0.4 is 5.32 Å². The second-order valence-electron chi connectivity index (χ2n) is 5.18. The molecule has 4 heteroatoms. The Labute approximate surface area is 122 Å². The zero-order chi connectivity index (χ0) is 14.2. The summed E-state index contributed by atoms with van der Waals surface area (Å²) in [6.07, 6.45) is 1.48. The van der Waals surface area contributed by atoms with Crippen LogP contribution >= 0.6 is 11.6 Å². The van der Waals surface area contributed by atoms with Gasteiger partial charge in [0.25, 0.3) is 0 Å². The molecule has 1 atom stereocenters. The van der Waals surface area contributed by atoms with Crippen LogP contribution in [0.4, 0.5) is 10.1 Å². The molecule has 0 heterocycles. The van der Waals surface area contributed by atoms with E-state index >= 15 is 0 Å². The standard InChI is InChI=1S/C16H15ClFNO/c17-12-2-1-3-14(9-12)19-16(10-20)7-6-11-8-13(18)4-5-15(11)16/h1-5,8-9,19-20H,6-7,10H2. The molecule has 0 aliphatic heterocycles. The van der Waals surface area contributed by atoms with Crippen LogP contribution in [0.15, 0.2) is 42.5 Å². The predicted octanol–water partition coefficient (Wildman–Crippen LogP) is 3.73. The molecule has 3 rings (SSSR count). The summed E-state index contributed by atoms with van der Waals surface area (Å²) in [5, 5.41) is 13.9. The molecule has 2 aromatic carbocycles. The molecule has 0 bridgehead atoms. The van der Waals surface area contributed by atoms with Gasteiger partial charge in [-0.2, -0.15) is 0 Å². The Morgan fingerprint density at radius 1 is 1.25 bits per heavy atom. The van der Waals surface area contributed by atoms with Gasteiger partial charge in [-0.1, -0.05) is 23.7 Å². The molecule has 0 saturated carbocycles. The topological polar surface area (TPSA) is 32.3 Å². The summed E-state index contributed by atoms with van der Waals surface area (Å²) in [6.45, 7) is -0.0435. The highest BCUT2D eigenvalue weighted by molar-refractivity contribution is 6.30. The summed E-state index contributed by atoms with van der Waals surface area (Å²) >= 11 is 5.99. The van der Waals surface area contributed by atoms with Crippen molar-refractivity contribution in [1.82, 2.24) is 0 Å². The van der Waals surface area contributed by atoms with Crippen molar-refractivity contribution < 1.29 is 9.50 Å². The third-order valence-electron chi connectivity index (χ3n) is 3.88. The van der Waals surface area contributed by atoms with Gasteiger partial charge in [-0.25, -0.2) is 4.39 Å². The van der Waals surface area contributed by atoms with Crippen LogP contribution in [0.2, 0.25) is 5.02 Å². The summed E-state index contributed by atoms with van der Waals surface area (Å²) in [4.78, 5) is 0. The van der Waals surface area contributed by atoms with E-state index in [1.54, 1.807) is 18.2 Å². The van der Waals surface area contributed by atoms with Gasteiger partial charge in [0, 0.05) is 10.7 Å². The van der Waals surface area contributed by atoms with Crippen molar-refractivity contribution in [2.45, 2.75) is 18.4 Å². The second kappa shape index (κ2) is 5.08. The molecule has 1 aliphatic carbocycles. The molecule has 1 aliphatic rings. The Morgan fingerprint density at radius 2 is 2.10 bits per heavy atom. The van der Waals surface area contributed by atoms with Crippen LogP contribution in [0.3, 0.4) is 0 Å². The van der Waals surface area contributed by atoms with Crippen LogP contribution in [0.25, 0.3) is 0 Å². The first-order valence-corrected chi connectivity index (χ1v) is 6.94.